The first kappa shape index (κ1) is 40.9. The molecule has 1 fully saturated rings. The van der Waals surface area contributed by atoms with E-state index in [1.807, 2.05) is 153 Å². The van der Waals surface area contributed by atoms with Crippen LogP contribution in [0.4, 0.5) is 32.8 Å². The van der Waals surface area contributed by atoms with Crippen LogP contribution in [0, 0.1) is 11.8 Å². The summed E-state index contributed by atoms with van der Waals surface area (Å²) in [4.78, 5) is 48.8. The van der Waals surface area contributed by atoms with Crippen LogP contribution < -0.4 is 14.7 Å². The minimum absolute atomic E-state index is 0.0990. The molecular weight excluding hydrogens is 844 g/mol. The van der Waals surface area contributed by atoms with Gasteiger partial charge in [0.2, 0.25) is 0 Å². The van der Waals surface area contributed by atoms with Crippen molar-refractivity contribution in [3.8, 4) is 0 Å². The third-order valence-electron chi connectivity index (χ3n) is 14.4. The Morgan fingerprint density at radius 3 is 1.96 bits per heavy atom. The quantitative estimate of drug-likeness (QED) is 0.145. The molecule has 0 aliphatic carbocycles. The molecule has 67 heavy (non-hydrogen) atoms. The molecule has 1 aromatic heterocycles. The second kappa shape index (κ2) is 15.0. The van der Waals surface area contributed by atoms with Crippen molar-refractivity contribution in [2.75, 3.05) is 14.7 Å². The number of amides is 3. The predicted molar refractivity (Wildman–Crippen MR) is 254 cm³/mol. The fourth-order valence-corrected chi connectivity index (χ4v) is 11.5. The first-order valence-corrected chi connectivity index (χ1v) is 22.7. The van der Waals surface area contributed by atoms with Crippen LogP contribution in [0.25, 0.3) is 21.5 Å². The average Bonchev–Trinajstić information content (AvgIpc) is 4.13. The van der Waals surface area contributed by atoms with Crippen molar-refractivity contribution in [2.24, 2.45) is 11.8 Å². The largest absolute Gasteiger partial charge is 0.382 e. The number of hydrogen-bond donors (Lipinski definition) is 1. The first-order valence-electron chi connectivity index (χ1n) is 22.7. The lowest BCUT2D eigenvalue weighted by Crippen LogP contribution is -2.45. The summed E-state index contributed by atoms with van der Waals surface area (Å²) < 4.78 is 25.6. The van der Waals surface area contributed by atoms with Crippen LogP contribution in [0.2, 0.25) is 0 Å². The van der Waals surface area contributed by atoms with Gasteiger partial charge in [0.1, 0.15) is 17.5 Å². The zero-order chi connectivity index (χ0) is 45.9. The number of ether oxygens (including phenoxy) is 1. The van der Waals surface area contributed by atoms with E-state index in [4.69, 9.17) is 4.74 Å². The second-order valence-corrected chi connectivity index (χ2v) is 18.7. The zero-order valence-corrected chi connectivity index (χ0v) is 37.0. The van der Waals surface area contributed by atoms with Gasteiger partial charge in [-0.2, -0.15) is 0 Å². The number of rotatable bonds is 10. The van der Waals surface area contributed by atoms with Gasteiger partial charge in [0.15, 0.2) is 5.60 Å². The van der Waals surface area contributed by atoms with Gasteiger partial charge in [0, 0.05) is 46.1 Å². The Morgan fingerprint density at radius 2 is 1.33 bits per heavy atom. The van der Waals surface area contributed by atoms with Crippen molar-refractivity contribution in [1.29, 1.82) is 0 Å². The summed E-state index contributed by atoms with van der Waals surface area (Å²) in [6.45, 7) is 5.42. The normalized spacial score (nSPS) is 21.2. The van der Waals surface area contributed by atoms with E-state index < -0.39 is 35.3 Å². The number of halogens is 1. The lowest BCUT2D eigenvalue weighted by atomic mass is 9.71. The van der Waals surface area contributed by atoms with Crippen molar-refractivity contribution in [3.05, 3.63) is 185 Å². The fraction of sp³-hybridized carbons (Fsp3) is 0.218. The van der Waals surface area contributed by atoms with Gasteiger partial charge >= 0.3 is 0 Å². The Kier molecular flexibility index (Phi) is 9.16. The monoisotopic (exact) mass is 888 g/mol. The highest BCUT2D eigenvalue weighted by molar-refractivity contribution is 6.29. The third-order valence-corrected chi connectivity index (χ3v) is 14.4. The van der Waals surface area contributed by atoms with E-state index >= 15 is 9.18 Å². The summed E-state index contributed by atoms with van der Waals surface area (Å²) in [7, 11) is 0. The highest BCUT2D eigenvalue weighted by Gasteiger charge is 2.66. The molecule has 1 N–H and O–H groups in total. The summed E-state index contributed by atoms with van der Waals surface area (Å²) in [5, 5.41) is 23.3. The molecule has 0 radical (unpaired) electrons. The molecule has 0 unspecified atom stereocenters. The van der Waals surface area contributed by atoms with E-state index in [-0.39, 0.29) is 30.8 Å². The highest BCUT2D eigenvalue weighted by atomic mass is 19.1. The van der Waals surface area contributed by atoms with E-state index in [2.05, 4.69) is 10.3 Å². The number of anilines is 5. The molecule has 4 aliphatic rings. The number of aryl methyl sites for hydroxylation is 1. The van der Waals surface area contributed by atoms with E-state index in [1.54, 1.807) is 25.6 Å². The molecule has 5 heterocycles. The van der Waals surface area contributed by atoms with Gasteiger partial charge in [-0.1, -0.05) is 103 Å². The summed E-state index contributed by atoms with van der Waals surface area (Å²) in [6.07, 6.45) is 0.271. The highest BCUT2D eigenvalue weighted by Crippen LogP contribution is 2.59. The molecule has 8 aromatic rings. The van der Waals surface area contributed by atoms with Crippen LogP contribution in [0.1, 0.15) is 76.4 Å². The van der Waals surface area contributed by atoms with Crippen molar-refractivity contribution in [1.82, 2.24) is 15.0 Å². The molecule has 0 bridgehead atoms. The first-order chi connectivity index (χ1) is 32.4. The van der Waals surface area contributed by atoms with Crippen LogP contribution in [0.15, 0.2) is 152 Å². The molecular formula is C55H45FN6O5. The van der Waals surface area contributed by atoms with Gasteiger partial charge in [0.25, 0.3) is 17.7 Å². The van der Waals surface area contributed by atoms with Crippen LogP contribution in [-0.2, 0) is 28.2 Å². The van der Waals surface area contributed by atoms with E-state index in [0.717, 1.165) is 38.5 Å². The zero-order valence-electron chi connectivity index (χ0n) is 37.0. The van der Waals surface area contributed by atoms with Crippen molar-refractivity contribution in [2.45, 2.75) is 63.8 Å². The van der Waals surface area contributed by atoms with Crippen LogP contribution in [-0.4, -0.2) is 49.6 Å². The minimum Gasteiger partial charge on any atom is -0.382 e. The van der Waals surface area contributed by atoms with Crippen LogP contribution in [0.3, 0.4) is 0 Å². The number of aromatic nitrogens is 3. The molecule has 7 aromatic carbocycles. The van der Waals surface area contributed by atoms with Crippen LogP contribution >= 0.6 is 0 Å². The SMILES string of the molecule is C[C@@H]1[C@@H](C(C)(C)F)[C@H](CCn2cc([C@H](O)c3ccccc3)nn2)O[C@@]12C(=O)N(Cc1ccc(N3C(=O)c4cccc5cccc3c45)cc1)c1ccc(N3C(=O)c4cccc5cccc3c45)cc12. The number of aliphatic hydroxyl groups is 1. The molecule has 3 amide bonds. The Hall–Kier alpha value is -7.54. The van der Waals surface area contributed by atoms with E-state index in [9.17, 15) is 14.7 Å². The Morgan fingerprint density at radius 1 is 0.731 bits per heavy atom. The van der Waals surface area contributed by atoms with Gasteiger partial charge in [-0.3, -0.25) is 28.9 Å². The topological polar surface area (TPSA) is 121 Å². The Bertz CT molecular complexity index is 3340. The lowest BCUT2D eigenvalue weighted by Gasteiger charge is -2.32. The summed E-state index contributed by atoms with van der Waals surface area (Å²) >= 11 is 0. The number of aliphatic hydroxyl groups excluding tert-OH is 1. The number of carbonyl (C=O) groups is 3. The van der Waals surface area contributed by atoms with Gasteiger partial charge < -0.3 is 14.7 Å². The number of carbonyl (C=O) groups excluding carboxylic acids is 3. The van der Waals surface area contributed by atoms with E-state index in [0.29, 0.717) is 51.4 Å². The average molecular weight is 889 g/mol. The maximum Gasteiger partial charge on any atom is 0.264 e. The minimum atomic E-state index is -1.77. The van der Waals surface area contributed by atoms with Crippen molar-refractivity contribution in [3.63, 3.8) is 0 Å². The summed E-state index contributed by atoms with van der Waals surface area (Å²) in [6, 6.07) is 45.7. The smallest absolute Gasteiger partial charge is 0.264 e. The van der Waals surface area contributed by atoms with Crippen LogP contribution in [0.5, 0.6) is 0 Å². The van der Waals surface area contributed by atoms with E-state index in [1.165, 1.54) is 13.8 Å². The molecule has 12 heteroatoms. The number of alkyl halides is 1. The number of hydrogen-bond acceptors (Lipinski definition) is 7. The standard InChI is InChI=1S/C55H45FN6O5/c1-32-49(54(2,3)56)46(27-28-59-31-42(57-58-59)50(63)36-11-5-4-6-12-36)67-55(32)41-29-38(62-45-20-10-16-35-14-8-18-40(48(35)45)52(62)65)25-26-43(41)60(53(55)66)30-33-21-23-37(24-22-33)61-44-19-9-15-34-13-7-17-39(47(34)44)51(61)64/h4-26,29,31-32,46,49-50,63H,27-28,30H2,1-3H3/t32-,46+,49-,50-,55+/m1/s1. The number of benzene rings is 7. The molecule has 12 rings (SSSR count). The van der Waals surface area contributed by atoms with Crippen molar-refractivity contribution < 1.29 is 28.6 Å². The summed E-state index contributed by atoms with van der Waals surface area (Å²) in [5.41, 5.74) is 3.75. The molecule has 4 aliphatic heterocycles. The predicted octanol–water partition coefficient (Wildman–Crippen LogP) is 10.5. The molecule has 5 atom stereocenters. The Labute approximate surface area is 385 Å². The number of nitrogens with zero attached hydrogens (tertiary/aromatic N) is 6. The van der Waals surface area contributed by atoms with Gasteiger partial charge in [-0.15, -0.1) is 5.10 Å². The van der Waals surface area contributed by atoms with Gasteiger partial charge in [-0.05, 0) is 96.8 Å². The molecule has 11 nitrogen and oxygen atoms in total. The maximum atomic E-state index is 16.9. The lowest BCUT2D eigenvalue weighted by molar-refractivity contribution is -0.146. The summed E-state index contributed by atoms with van der Waals surface area (Å²) in [5.74, 6) is -1.99. The maximum absolute atomic E-state index is 16.9. The Balaban J connectivity index is 0.906. The van der Waals surface area contributed by atoms with Gasteiger partial charge in [0.05, 0.1) is 47.0 Å². The second-order valence-electron chi connectivity index (χ2n) is 18.7. The number of fused-ring (bicyclic) bond motifs is 2. The fourth-order valence-electron chi connectivity index (χ4n) is 11.5. The van der Waals surface area contributed by atoms with Gasteiger partial charge in [-0.25, -0.2) is 4.39 Å². The molecule has 1 spiro atoms. The molecule has 332 valence electrons. The van der Waals surface area contributed by atoms with Crippen molar-refractivity contribution >= 4 is 67.7 Å². The molecule has 0 saturated carbocycles. The molecule has 1 saturated heterocycles. The third kappa shape index (κ3) is 6.12.